The van der Waals surface area contributed by atoms with Gasteiger partial charge in [-0.15, -0.1) is 0 Å². The van der Waals surface area contributed by atoms with E-state index in [1.165, 1.54) is 44.9 Å². The van der Waals surface area contributed by atoms with Crippen LogP contribution in [0, 0.1) is 40.9 Å². The molecule has 6 rings (SSSR count). The molecule has 6 nitrogen and oxygen atoms in total. The number of benzene rings is 1. The molecule has 9 atom stereocenters. The molecule has 230 valence electrons. The average Bonchev–Trinajstić information content (AvgIpc) is 3.32. The monoisotopic (exact) mass is 576 g/mol. The lowest BCUT2D eigenvalue weighted by atomic mass is 9.51. The van der Waals surface area contributed by atoms with Crippen molar-refractivity contribution < 1.29 is 9.84 Å². The van der Waals surface area contributed by atoms with Gasteiger partial charge in [-0.05, 0) is 119 Å². The molecule has 1 saturated heterocycles. The molecule has 1 aromatic carbocycles. The van der Waals surface area contributed by atoms with Crippen LogP contribution in [0.5, 0.6) is 0 Å². The van der Waals surface area contributed by atoms with Gasteiger partial charge in [0.2, 0.25) is 0 Å². The Morgan fingerprint density at radius 2 is 1.81 bits per heavy atom. The van der Waals surface area contributed by atoms with E-state index in [1.807, 2.05) is 6.07 Å². The van der Waals surface area contributed by atoms with Crippen LogP contribution < -0.4 is 11.1 Å². The van der Waals surface area contributed by atoms with Crippen LogP contribution >= 0.6 is 0 Å². The highest BCUT2D eigenvalue weighted by Crippen LogP contribution is 2.60. The minimum absolute atomic E-state index is 0.0241. The number of hydrogen-bond donors (Lipinski definition) is 2. The number of fused-ring (bicyclic) bond motifs is 2. The third-order valence-corrected chi connectivity index (χ3v) is 12.2. The number of unbranched alkanes of at least 4 members (excludes halogenated alkanes) is 1. The lowest BCUT2D eigenvalue weighted by Gasteiger charge is -2.55. The molecule has 2 heterocycles. The van der Waals surface area contributed by atoms with Gasteiger partial charge in [-0.1, -0.05) is 51.8 Å². The highest BCUT2D eigenvalue weighted by Gasteiger charge is 2.54. The number of H-pyrrole nitrogens is 1. The first kappa shape index (κ1) is 29.9. The molecule has 0 radical (unpaired) electrons. The largest absolute Gasteiger partial charge is 0.393 e. The summed E-state index contributed by atoms with van der Waals surface area (Å²) in [5, 5.41) is 14.8. The Hall–Kier alpha value is -2.18. The minimum Gasteiger partial charge on any atom is -0.393 e. The molecule has 0 bridgehead atoms. The van der Waals surface area contributed by atoms with Crippen LogP contribution in [0.15, 0.2) is 39.9 Å². The topological polar surface area (TPSA) is 87.6 Å². The lowest BCUT2D eigenvalue weighted by molar-refractivity contribution is -0.0313. The van der Waals surface area contributed by atoms with Gasteiger partial charge in [0.25, 0.3) is 11.1 Å². The van der Waals surface area contributed by atoms with E-state index in [0.29, 0.717) is 47.0 Å². The molecule has 1 aliphatic heterocycles. The number of hydrogen-bond acceptors (Lipinski definition) is 4. The molecular formula is C36H52N2O4. The number of nitrogens with zero attached hydrogens (tertiary/aromatic N) is 1. The molecule has 0 amide bonds. The predicted octanol–water partition coefficient (Wildman–Crippen LogP) is 7.14. The molecule has 6 heteroatoms. The van der Waals surface area contributed by atoms with Crippen molar-refractivity contribution in [3.05, 3.63) is 51.0 Å². The Kier molecular flexibility index (Phi) is 8.10. The maximum absolute atomic E-state index is 13.9. The van der Waals surface area contributed by atoms with Crippen LogP contribution in [0.4, 0.5) is 0 Å². The Bertz CT molecular complexity index is 1440. The lowest BCUT2D eigenvalue weighted by Crippen LogP contribution is -2.50. The number of aromatic amines is 1. The second kappa shape index (κ2) is 11.4. The van der Waals surface area contributed by atoms with Gasteiger partial charge in [0.05, 0.1) is 28.6 Å². The van der Waals surface area contributed by atoms with Crippen molar-refractivity contribution in [1.29, 1.82) is 0 Å². The summed E-state index contributed by atoms with van der Waals surface area (Å²) in [6.45, 7) is 11.5. The molecule has 2 N–H and O–H groups in total. The number of epoxide rings is 1. The molecule has 4 aliphatic rings. The Morgan fingerprint density at radius 3 is 2.52 bits per heavy atom. The van der Waals surface area contributed by atoms with Crippen LogP contribution in [0.3, 0.4) is 0 Å². The van der Waals surface area contributed by atoms with Crippen molar-refractivity contribution in [1.82, 2.24) is 9.78 Å². The SMILES string of the molecule is CCCCC1C(C2CCC([C@H](C)CCC3OC3(C)C)C2)C=C(n2[nH]c(=O)c3ccccc3c2=O)C2CC(O)CCC21C. The van der Waals surface area contributed by atoms with Gasteiger partial charge >= 0.3 is 0 Å². The van der Waals surface area contributed by atoms with Crippen molar-refractivity contribution >= 4 is 16.5 Å². The Labute approximate surface area is 250 Å². The normalized spacial score (nSPS) is 36.4. The Morgan fingerprint density at radius 1 is 1.07 bits per heavy atom. The number of aromatic nitrogens is 2. The molecule has 1 aromatic heterocycles. The molecule has 2 aromatic rings. The van der Waals surface area contributed by atoms with E-state index in [9.17, 15) is 14.7 Å². The molecule has 0 spiro atoms. The summed E-state index contributed by atoms with van der Waals surface area (Å²) < 4.78 is 7.44. The predicted molar refractivity (Wildman–Crippen MR) is 169 cm³/mol. The van der Waals surface area contributed by atoms with E-state index in [2.05, 4.69) is 45.8 Å². The number of aliphatic hydroxyl groups is 1. The molecule has 3 aliphatic carbocycles. The second-order valence-corrected chi connectivity index (χ2v) is 15.1. The maximum Gasteiger partial charge on any atom is 0.277 e. The van der Waals surface area contributed by atoms with Gasteiger partial charge in [-0.3, -0.25) is 14.7 Å². The fraction of sp³-hybridized carbons (Fsp3) is 0.722. The summed E-state index contributed by atoms with van der Waals surface area (Å²) in [5.74, 6) is 2.91. The first-order chi connectivity index (χ1) is 20.0. The summed E-state index contributed by atoms with van der Waals surface area (Å²) in [4.78, 5) is 27.1. The molecule has 3 fully saturated rings. The van der Waals surface area contributed by atoms with Crippen molar-refractivity contribution in [3.8, 4) is 0 Å². The van der Waals surface area contributed by atoms with Crippen LogP contribution in [0.1, 0.15) is 105 Å². The van der Waals surface area contributed by atoms with Crippen LogP contribution in [-0.2, 0) is 4.74 Å². The quantitative estimate of drug-likeness (QED) is 0.311. The van der Waals surface area contributed by atoms with Gasteiger partial charge < -0.3 is 9.84 Å². The van der Waals surface area contributed by atoms with Crippen LogP contribution in [0.25, 0.3) is 16.5 Å². The smallest absolute Gasteiger partial charge is 0.277 e. The highest BCUT2D eigenvalue weighted by atomic mass is 16.6. The van der Waals surface area contributed by atoms with E-state index in [-0.39, 0.29) is 34.2 Å². The fourth-order valence-corrected chi connectivity index (χ4v) is 9.41. The van der Waals surface area contributed by atoms with Gasteiger partial charge in [0.15, 0.2) is 0 Å². The Balaban J connectivity index is 1.37. The molecule has 42 heavy (non-hydrogen) atoms. The summed E-state index contributed by atoms with van der Waals surface area (Å²) in [6, 6.07) is 7.13. The summed E-state index contributed by atoms with van der Waals surface area (Å²) in [6.07, 6.45) is 14.5. The number of allylic oxidation sites excluding steroid dienone is 2. The summed E-state index contributed by atoms with van der Waals surface area (Å²) >= 11 is 0. The number of ether oxygens (including phenoxy) is 1. The summed E-state index contributed by atoms with van der Waals surface area (Å²) in [7, 11) is 0. The zero-order chi connectivity index (χ0) is 29.8. The third-order valence-electron chi connectivity index (χ3n) is 12.2. The zero-order valence-corrected chi connectivity index (χ0v) is 26.4. The van der Waals surface area contributed by atoms with Crippen LogP contribution in [0.2, 0.25) is 0 Å². The number of rotatable bonds is 9. The number of aliphatic hydroxyl groups excluding tert-OH is 1. The first-order valence-corrected chi connectivity index (χ1v) is 16.9. The number of nitrogens with one attached hydrogen (secondary N) is 1. The zero-order valence-electron chi connectivity index (χ0n) is 26.4. The van der Waals surface area contributed by atoms with E-state index in [4.69, 9.17) is 4.74 Å². The van der Waals surface area contributed by atoms with Crippen molar-refractivity contribution in [2.45, 2.75) is 123 Å². The standard InChI is InChI=1S/C36H52N2O4/c1-6-7-12-29-28(24-15-14-23(19-24)22(2)13-16-32-35(3,4)42-32)21-31(30-20-25(39)17-18-36(29,30)5)38-34(41)27-11-9-8-10-26(27)33(40)37-38/h8-11,21-25,28-30,32,39H,6-7,12-20H2,1-5H3,(H,37,40)/t22-,23?,24?,25?,28?,29?,30?,32?,36?/m1/s1. The molecular weight excluding hydrogens is 524 g/mol. The third kappa shape index (κ3) is 5.36. The van der Waals surface area contributed by atoms with Gasteiger partial charge in [0.1, 0.15) is 0 Å². The van der Waals surface area contributed by atoms with Crippen molar-refractivity contribution in [3.63, 3.8) is 0 Å². The fourth-order valence-electron chi connectivity index (χ4n) is 9.41. The van der Waals surface area contributed by atoms with Crippen molar-refractivity contribution in [2.75, 3.05) is 0 Å². The van der Waals surface area contributed by atoms with E-state index in [0.717, 1.165) is 30.9 Å². The maximum atomic E-state index is 13.9. The molecule has 2 saturated carbocycles. The highest BCUT2D eigenvalue weighted by molar-refractivity contribution is 5.81. The first-order valence-electron chi connectivity index (χ1n) is 16.9. The van der Waals surface area contributed by atoms with Crippen LogP contribution in [-0.4, -0.2) is 32.7 Å². The minimum atomic E-state index is -0.380. The van der Waals surface area contributed by atoms with E-state index in [1.54, 1.807) is 22.9 Å². The van der Waals surface area contributed by atoms with E-state index < -0.39 is 0 Å². The second-order valence-electron chi connectivity index (χ2n) is 15.1. The molecule has 8 unspecified atom stereocenters. The van der Waals surface area contributed by atoms with Gasteiger partial charge in [0, 0.05) is 11.6 Å². The summed E-state index contributed by atoms with van der Waals surface area (Å²) in [5.41, 5.74) is 0.573. The average molecular weight is 577 g/mol. The van der Waals surface area contributed by atoms with Crippen molar-refractivity contribution in [2.24, 2.45) is 40.9 Å². The van der Waals surface area contributed by atoms with Gasteiger partial charge in [-0.2, -0.15) is 0 Å². The van der Waals surface area contributed by atoms with Gasteiger partial charge in [-0.25, -0.2) is 4.68 Å². The van der Waals surface area contributed by atoms with E-state index >= 15 is 0 Å².